The van der Waals surface area contributed by atoms with Gasteiger partial charge in [0.15, 0.2) is 0 Å². The Morgan fingerprint density at radius 2 is 2.10 bits per heavy atom. The second-order valence-corrected chi connectivity index (χ2v) is 5.92. The third-order valence-corrected chi connectivity index (χ3v) is 4.33. The van der Waals surface area contributed by atoms with Crippen LogP contribution in [0.3, 0.4) is 0 Å². The van der Waals surface area contributed by atoms with Crippen molar-refractivity contribution in [3.8, 4) is 0 Å². The van der Waals surface area contributed by atoms with E-state index in [1.54, 1.807) is 0 Å². The van der Waals surface area contributed by atoms with E-state index in [1.165, 1.54) is 0 Å². The third-order valence-electron chi connectivity index (χ3n) is 4.33. The Morgan fingerprint density at radius 3 is 2.76 bits per heavy atom. The number of rotatable bonds is 6. The summed E-state index contributed by atoms with van der Waals surface area (Å²) in [6.45, 7) is 7.63. The average Bonchev–Trinajstić information content (AvgIpc) is 2.48. The minimum atomic E-state index is 0.0990. The normalized spacial score (nSPS) is 15.3. The van der Waals surface area contributed by atoms with Crippen molar-refractivity contribution in [3.63, 3.8) is 0 Å². The molecule has 1 heterocycles. The molecule has 4 heteroatoms. The van der Waals surface area contributed by atoms with E-state index in [9.17, 15) is 4.79 Å². The smallest absolute Gasteiger partial charge is 0.224 e. The van der Waals surface area contributed by atoms with Gasteiger partial charge in [0.1, 0.15) is 0 Å². The third kappa shape index (κ3) is 3.49. The Kier molecular flexibility index (Phi) is 5.10. The molecule has 1 amide bonds. The molecule has 1 atom stereocenters. The maximum absolute atomic E-state index is 11.6. The number of nitrogens with two attached hydrogens (primary N) is 1. The fourth-order valence-corrected chi connectivity index (χ4v) is 2.81. The predicted molar refractivity (Wildman–Crippen MR) is 89.8 cm³/mol. The van der Waals surface area contributed by atoms with Gasteiger partial charge in [-0.2, -0.15) is 0 Å². The summed E-state index contributed by atoms with van der Waals surface area (Å²) in [6, 6.07) is 4.53. The molecule has 1 unspecified atom stereocenters. The Hall–Kier alpha value is -1.71. The first-order valence-corrected chi connectivity index (χ1v) is 8.05. The standard InChI is InChI=1S/C17H27N3O/c1-4-6-9-20(12(3)5-2)16-11-15-13(10-14(16)18)7-8-17(21)19-15/h10-12H,4-9,18H2,1-3H3,(H,19,21). The van der Waals surface area contributed by atoms with E-state index in [1.807, 2.05) is 6.07 Å². The van der Waals surface area contributed by atoms with Crippen molar-refractivity contribution in [1.29, 1.82) is 0 Å². The highest BCUT2D eigenvalue weighted by molar-refractivity contribution is 5.95. The van der Waals surface area contributed by atoms with E-state index >= 15 is 0 Å². The van der Waals surface area contributed by atoms with E-state index in [-0.39, 0.29) is 5.91 Å². The summed E-state index contributed by atoms with van der Waals surface area (Å²) in [4.78, 5) is 14.0. The van der Waals surface area contributed by atoms with Crippen LogP contribution in [0.5, 0.6) is 0 Å². The molecule has 0 saturated heterocycles. The highest BCUT2D eigenvalue weighted by atomic mass is 16.1. The number of aryl methyl sites for hydroxylation is 1. The average molecular weight is 289 g/mol. The van der Waals surface area contributed by atoms with E-state index in [4.69, 9.17) is 5.73 Å². The molecule has 1 aliphatic rings. The lowest BCUT2D eigenvalue weighted by Gasteiger charge is -2.33. The molecule has 2 rings (SSSR count). The number of fused-ring (bicyclic) bond motifs is 1. The van der Waals surface area contributed by atoms with Gasteiger partial charge in [0.05, 0.1) is 11.4 Å². The van der Waals surface area contributed by atoms with Crippen LogP contribution in [-0.2, 0) is 11.2 Å². The van der Waals surface area contributed by atoms with Crippen molar-refractivity contribution in [2.75, 3.05) is 22.5 Å². The zero-order valence-corrected chi connectivity index (χ0v) is 13.4. The van der Waals surface area contributed by atoms with E-state index in [0.717, 1.165) is 54.9 Å². The van der Waals surface area contributed by atoms with E-state index < -0.39 is 0 Å². The van der Waals surface area contributed by atoms with Gasteiger partial charge in [-0.15, -0.1) is 0 Å². The number of hydrogen-bond donors (Lipinski definition) is 2. The number of nitrogen functional groups attached to an aromatic ring is 1. The molecule has 1 aromatic carbocycles. The van der Waals surface area contributed by atoms with Crippen LogP contribution >= 0.6 is 0 Å². The molecule has 1 aromatic rings. The maximum atomic E-state index is 11.6. The lowest BCUT2D eigenvalue weighted by atomic mass is 10.00. The molecule has 0 aromatic heterocycles. The minimum Gasteiger partial charge on any atom is -0.397 e. The number of carbonyl (C=O) groups excluding carboxylic acids is 1. The van der Waals surface area contributed by atoms with Crippen molar-refractivity contribution in [3.05, 3.63) is 17.7 Å². The molecule has 0 bridgehead atoms. The van der Waals surface area contributed by atoms with Gasteiger partial charge < -0.3 is 16.0 Å². The van der Waals surface area contributed by atoms with Crippen LogP contribution in [0.2, 0.25) is 0 Å². The number of nitrogens with zero attached hydrogens (tertiary/aromatic N) is 1. The summed E-state index contributed by atoms with van der Waals surface area (Å²) in [6.07, 6.45) is 4.72. The Balaban J connectivity index is 2.35. The first kappa shape index (κ1) is 15.7. The summed E-state index contributed by atoms with van der Waals surface area (Å²) in [5, 5.41) is 2.97. The Bertz CT molecular complexity index is 513. The first-order chi connectivity index (χ1) is 10.1. The molecular formula is C17H27N3O. The van der Waals surface area contributed by atoms with Crippen LogP contribution in [0, 0.1) is 0 Å². The molecule has 116 valence electrons. The van der Waals surface area contributed by atoms with Crippen molar-refractivity contribution in [2.45, 2.75) is 58.9 Å². The van der Waals surface area contributed by atoms with Gasteiger partial charge in [-0.25, -0.2) is 0 Å². The largest absolute Gasteiger partial charge is 0.397 e. The van der Waals surface area contributed by atoms with E-state index in [2.05, 4.69) is 37.1 Å². The predicted octanol–water partition coefficient (Wildman–Crippen LogP) is 3.56. The van der Waals surface area contributed by atoms with Gasteiger partial charge in [0, 0.05) is 24.7 Å². The molecule has 0 saturated carbocycles. The van der Waals surface area contributed by atoms with Crippen LogP contribution in [0.15, 0.2) is 12.1 Å². The number of anilines is 3. The van der Waals surface area contributed by atoms with Crippen molar-refractivity contribution in [1.82, 2.24) is 0 Å². The van der Waals surface area contributed by atoms with Crippen LogP contribution in [0.25, 0.3) is 0 Å². The zero-order chi connectivity index (χ0) is 15.4. The lowest BCUT2D eigenvalue weighted by Crippen LogP contribution is -2.34. The molecule has 0 radical (unpaired) electrons. The van der Waals surface area contributed by atoms with Gasteiger partial charge >= 0.3 is 0 Å². The Labute approximate surface area is 127 Å². The van der Waals surface area contributed by atoms with Gasteiger partial charge in [0.2, 0.25) is 5.91 Å². The highest BCUT2D eigenvalue weighted by Gasteiger charge is 2.21. The number of amides is 1. The molecule has 0 aliphatic carbocycles. The number of unbranched alkanes of at least 4 members (excludes halogenated alkanes) is 1. The highest BCUT2D eigenvalue weighted by Crippen LogP contribution is 2.34. The molecular weight excluding hydrogens is 262 g/mol. The molecule has 0 fully saturated rings. The van der Waals surface area contributed by atoms with Crippen molar-refractivity contribution in [2.24, 2.45) is 0 Å². The Morgan fingerprint density at radius 1 is 1.33 bits per heavy atom. The van der Waals surface area contributed by atoms with Gasteiger partial charge in [-0.1, -0.05) is 20.3 Å². The van der Waals surface area contributed by atoms with Crippen LogP contribution in [0.4, 0.5) is 17.1 Å². The van der Waals surface area contributed by atoms with Gasteiger partial charge in [-0.05, 0) is 43.9 Å². The summed E-state index contributed by atoms with van der Waals surface area (Å²) in [7, 11) is 0. The number of nitrogens with one attached hydrogen (secondary N) is 1. The second-order valence-electron chi connectivity index (χ2n) is 5.92. The van der Waals surface area contributed by atoms with Crippen LogP contribution in [-0.4, -0.2) is 18.5 Å². The zero-order valence-electron chi connectivity index (χ0n) is 13.4. The topological polar surface area (TPSA) is 58.4 Å². The summed E-state index contributed by atoms with van der Waals surface area (Å²) in [5.41, 5.74) is 10.2. The molecule has 1 aliphatic heterocycles. The van der Waals surface area contributed by atoms with Crippen molar-refractivity contribution >= 4 is 23.0 Å². The minimum absolute atomic E-state index is 0.0990. The SMILES string of the molecule is CCCCN(c1cc2c(cc1N)CCC(=O)N2)C(C)CC. The number of carbonyl (C=O) groups is 1. The molecule has 0 spiro atoms. The first-order valence-electron chi connectivity index (χ1n) is 8.05. The monoisotopic (exact) mass is 289 g/mol. The lowest BCUT2D eigenvalue weighted by molar-refractivity contribution is -0.116. The van der Waals surface area contributed by atoms with Gasteiger partial charge in [0.25, 0.3) is 0 Å². The fourth-order valence-electron chi connectivity index (χ4n) is 2.81. The fraction of sp³-hybridized carbons (Fsp3) is 0.588. The number of benzene rings is 1. The second kappa shape index (κ2) is 6.83. The van der Waals surface area contributed by atoms with Crippen LogP contribution < -0.4 is 16.0 Å². The quantitative estimate of drug-likeness (QED) is 0.787. The van der Waals surface area contributed by atoms with E-state index in [0.29, 0.717) is 12.5 Å². The summed E-state index contributed by atoms with van der Waals surface area (Å²) in [5.74, 6) is 0.0990. The summed E-state index contributed by atoms with van der Waals surface area (Å²) < 4.78 is 0. The van der Waals surface area contributed by atoms with Crippen molar-refractivity contribution < 1.29 is 4.79 Å². The van der Waals surface area contributed by atoms with Crippen LogP contribution in [0.1, 0.15) is 52.0 Å². The maximum Gasteiger partial charge on any atom is 0.224 e. The molecule has 3 N–H and O–H groups in total. The summed E-state index contributed by atoms with van der Waals surface area (Å²) >= 11 is 0. The molecule has 21 heavy (non-hydrogen) atoms. The van der Waals surface area contributed by atoms with Gasteiger partial charge in [-0.3, -0.25) is 4.79 Å². The number of hydrogen-bond acceptors (Lipinski definition) is 3. The molecule has 4 nitrogen and oxygen atoms in total.